The molecule has 0 radical (unpaired) electrons. The van der Waals surface area contributed by atoms with E-state index in [4.69, 9.17) is 0 Å². The van der Waals surface area contributed by atoms with Gasteiger partial charge in [-0.25, -0.2) is 0 Å². The number of hydrogen-bond donors (Lipinski definition) is 2. The second kappa shape index (κ2) is 5.74. The van der Waals surface area contributed by atoms with E-state index in [0.717, 1.165) is 31.4 Å². The summed E-state index contributed by atoms with van der Waals surface area (Å²) >= 11 is 0. The highest BCUT2D eigenvalue weighted by atomic mass is 16.2. The van der Waals surface area contributed by atoms with Crippen LogP contribution in [0.1, 0.15) is 50.8 Å². The molecule has 1 aliphatic rings. The van der Waals surface area contributed by atoms with E-state index in [-0.39, 0.29) is 17.5 Å². The highest BCUT2D eigenvalue weighted by Gasteiger charge is 2.29. The maximum atomic E-state index is 12.5. The van der Waals surface area contributed by atoms with Gasteiger partial charge in [-0.15, -0.1) is 0 Å². The first-order chi connectivity index (χ1) is 9.03. The van der Waals surface area contributed by atoms with Gasteiger partial charge in [0.2, 0.25) is 5.91 Å². The SMILES string of the molecule is CCCC(C)(C)NC(=O)C1NCCc2ccccc21. The maximum Gasteiger partial charge on any atom is 0.242 e. The predicted octanol–water partition coefficient (Wildman–Crippen LogP) is 2.57. The van der Waals surface area contributed by atoms with Crippen LogP contribution in [0, 0.1) is 0 Å². The van der Waals surface area contributed by atoms with Crippen LogP contribution in [-0.2, 0) is 11.2 Å². The molecule has 0 spiro atoms. The zero-order chi connectivity index (χ0) is 13.9. The van der Waals surface area contributed by atoms with Crippen molar-refractivity contribution in [1.29, 1.82) is 0 Å². The fraction of sp³-hybridized carbons (Fsp3) is 0.562. The van der Waals surface area contributed by atoms with E-state index in [9.17, 15) is 4.79 Å². The molecule has 2 N–H and O–H groups in total. The molecule has 1 unspecified atom stereocenters. The zero-order valence-corrected chi connectivity index (χ0v) is 12.1. The van der Waals surface area contributed by atoms with Crippen molar-refractivity contribution in [1.82, 2.24) is 10.6 Å². The van der Waals surface area contributed by atoms with Gasteiger partial charge in [0.1, 0.15) is 6.04 Å². The predicted molar refractivity (Wildman–Crippen MR) is 78.0 cm³/mol. The molecule has 2 rings (SSSR count). The van der Waals surface area contributed by atoms with Gasteiger partial charge in [-0.05, 0) is 37.8 Å². The Hall–Kier alpha value is -1.35. The smallest absolute Gasteiger partial charge is 0.242 e. The lowest BCUT2D eigenvalue weighted by Gasteiger charge is -2.31. The van der Waals surface area contributed by atoms with Gasteiger partial charge in [0, 0.05) is 12.1 Å². The van der Waals surface area contributed by atoms with Crippen molar-refractivity contribution in [3.63, 3.8) is 0 Å². The number of carbonyl (C=O) groups excluding carboxylic acids is 1. The molecule has 3 nitrogen and oxygen atoms in total. The monoisotopic (exact) mass is 260 g/mol. The van der Waals surface area contributed by atoms with Crippen molar-refractivity contribution in [3.05, 3.63) is 35.4 Å². The van der Waals surface area contributed by atoms with Gasteiger partial charge >= 0.3 is 0 Å². The number of amides is 1. The number of hydrogen-bond acceptors (Lipinski definition) is 2. The van der Waals surface area contributed by atoms with E-state index in [1.807, 2.05) is 12.1 Å². The Labute approximate surface area is 115 Å². The minimum absolute atomic E-state index is 0.0885. The lowest BCUT2D eigenvalue weighted by atomic mass is 9.92. The lowest BCUT2D eigenvalue weighted by molar-refractivity contribution is -0.125. The van der Waals surface area contributed by atoms with Gasteiger partial charge in [-0.2, -0.15) is 0 Å². The number of nitrogens with one attached hydrogen (secondary N) is 2. The van der Waals surface area contributed by atoms with Crippen molar-refractivity contribution in [2.45, 2.75) is 51.6 Å². The second-order valence-corrected chi connectivity index (χ2v) is 5.96. The molecule has 1 aromatic carbocycles. The first-order valence-electron chi connectivity index (χ1n) is 7.17. The van der Waals surface area contributed by atoms with Crippen LogP contribution in [0.2, 0.25) is 0 Å². The summed E-state index contributed by atoms with van der Waals surface area (Å²) in [6.07, 6.45) is 3.06. The standard InChI is InChI=1S/C16H24N2O/c1-4-10-16(2,3)18-15(19)14-13-8-6-5-7-12(13)9-11-17-14/h5-8,14,17H,4,9-11H2,1-3H3,(H,18,19). The maximum absolute atomic E-state index is 12.5. The third kappa shape index (κ3) is 3.35. The Morgan fingerprint density at radius 1 is 1.42 bits per heavy atom. The molecule has 1 amide bonds. The molecule has 0 aromatic heterocycles. The summed E-state index contributed by atoms with van der Waals surface area (Å²) in [4.78, 5) is 12.5. The quantitative estimate of drug-likeness (QED) is 0.873. The normalized spacial score (nSPS) is 18.8. The summed E-state index contributed by atoms with van der Waals surface area (Å²) in [6, 6.07) is 8.01. The molecule has 0 saturated carbocycles. The Morgan fingerprint density at radius 2 is 2.16 bits per heavy atom. The van der Waals surface area contributed by atoms with Gasteiger partial charge in [0.15, 0.2) is 0 Å². The van der Waals surface area contributed by atoms with Gasteiger partial charge < -0.3 is 10.6 Å². The molecule has 1 atom stereocenters. The topological polar surface area (TPSA) is 41.1 Å². The first-order valence-corrected chi connectivity index (χ1v) is 7.17. The lowest BCUT2D eigenvalue weighted by Crippen LogP contribution is -2.49. The van der Waals surface area contributed by atoms with Crippen LogP contribution < -0.4 is 10.6 Å². The van der Waals surface area contributed by atoms with E-state index in [1.54, 1.807) is 0 Å². The largest absolute Gasteiger partial charge is 0.350 e. The first kappa shape index (κ1) is 14.1. The van der Waals surface area contributed by atoms with E-state index >= 15 is 0 Å². The summed E-state index contributed by atoms with van der Waals surface area (Å²) in [5.41, 5.74) is 2.27. The zero-order valence-electron chi connectivity index (χ0n) is 12.1. The van der Waals surface area contributed by atoms with Crippen LogP contribution in [0.4, 0.5) is 0 Å². The van der Waals surface area contributed by atoms with Crippen molar-refractivity contribution in [2.24, 2.45) is 0 Å². The number of carbonyl (C=O) groups is 1. The van der Waals surface area contributed by atoms with Crippen molar-refractivity contribution >= 4 is 5.91 Å². The number of benzene rings is 1. The summed E-state index contributed by atoms with van der Waals surface area (Å²) in [6.45, 7) is 7.18. The van der Waals surface area contributed by atoms with Crippen LogP contribution >= 0.6 is 0 Å². The molecule has 1 aromatic rings. The summed E-state index contributed by atoms with van der Waals surface area (Å²) in [7, 11) is 0. The molecule has 1 heterocycles. The van der Waals surface area contributed by atoms with Gasteiger partial charge in [0.25, 0.3) is 0 Å². The Morgan fingerprint density at radius 3 is 2.89 bits per heavy atom. The molecule has 0 bridgehead atoms. The van der Waals surface area contributed by atoms with Crippen molar-refractivity contribution in [3.8, 4) is 0 Å². The van der Waals surface area contributed by atoms with Gasteiger partial charge in [-0.1, -0.05) is 37.6 Å². The Bertz CT molecular complexity index is 454. The van der Waals surface area contributed by atoms with Crippen LogP contribution in [0.25, 0.3) is 0 Å². The highest BCUT2D eigenvalue weighted by Crippen LogP contribution is 2.23. The molecular formula is C16H24N2O. The number of rotatable bonds is 4. The third-order valence-electron chi connectivity index (χ3n) is 3.71. The van der Waals surface area contributed by atoms with Crippen molar-refractivity contribution in [2.75, 3.05) is 6.54 Å². The Balaban J connectivity index is 2.13. The number of fused-ring (bicyclic) bond motifs is 1. The van der Waals surface area contributed by atoms with E-state index in [0.29, 0.717) is 0 Å². The molecule has 0 aliphatic carbocycles. The average molecular weight is 260 g/mol. The third-order valence-corrected chi connectivity index (χ3v) is 3.71. The van der Waals surface area contributed by atoms with Crippen LogP contribution in [0.5, 0.6) is 0 Å². The summed E-state index contributed by atoms with van der Waals surface area (Å²) < 4.78 is 0. The molecule has 0 fully saturated rings. The van der Waals surface area contributed by atoms with Gasteiger partial charge in [-0.3, -0.25) is 4.79 Å². The minimum Gasteiger partial charge on any atom is -0.350 e. The molecule has 3 heteroatoms. The fourth-order valence-electron chi connectivity index (χ4n) is 2.83. The van der Waals surface area contributed by atoms with E-state index in [2.05, 4.69) is 43.5 Å². The summed E-state index contributed by atoms with van der Waals surface area (Å²) in [5, 5.41) is 6.49. The highest BCUT2D eigenvalue weighted by molar-refractivity contribution is 5.84. The average Bonchev–Trinajstić information content (AvgIpc) is 2.37. The van der Waals surface area contributed by atoms with E-state index < -0.39 is 0 Å². The minimum atomic E-state index is -0.207. The summed E-state index contributed by atoms with van der Waals surface area (Å²) in [5.74, 6) is 0.0885. The fourth-order valence-corrected chi connectivity index (χ4v) is 2.83. The van der Waals surface area contributed by atoms with Gasteiger partial charge in [0.05, 0.1) is 0 Å². The van der Waals surface area contributed by atoms with E-state index in [1.165, 1.54) is 5.56 Å². The van der Waals surface area contributed by atoms with Crippen molar-refractivity contribution < 1.29 is 4.79 Å². The van der Waals surface area contributed by atoms with Crippen LogP contribution in [0.3, 0.4) is 0 Å². The van der Waals surface area contributed by atoms with Crippen LogP contribution in [0.15, 0.2) is 24.3 Å². The molecule has 0 saturated heterocycles. The second-order valence-electron chi connectivity index (χ2n) is 5.96. The Kier molecular flexibility index (Phi) is 4.25. The molecule has 104 valence electrons. The molecular weight excluding hydrogens is 236 g/mol. The molecule has 19 heavy (non-hydrogen) atoms. The van der Waals surface area contributed by atoms with Crippen LogP contribution in [-0.4, -0.2) is 18.0 Å². The molecule has 1 aliphatic heterocycles.